The van der Waals surface area contributed by atoms with Crippen molar-refractivity contribution in [1.82, 2.24) is 4.31 Å². The number of carbonyl (C=O) groups excluding carboxylic acids is 2. The van der Waals surface area contributed by atoms with Gasteiger partial charge in [-0.1, -0.05) is 26.7 Å². The first-order valence-corrected chi connectivity index (χ1v) is 5.86. The van der Waals surface area contributed by atoms with Crippen LogP contribution < -0.4 is 0 Å². The normalized spacial score (nSPS) is 9.69. The molecule has 0 saturated carbocycles. The summed E-state index contributed by atoms with van der Waals surface area (Å²) in [6.07, 6.45) is 1.77. The van der Waals surface area contributed by atoms with Crippen LogP contribution in [0.25, 0.3) is 0 Å². The van der Waals surface area contributed by atoms with Crippen molar-refractivity contribution in [2.24, 2.45) is 0 Å². The van der Waals surface area contributed by atoms with Gasteiger partial charge in [0.2, 0.25) is 0 Å². The van der Waals surface area contributed by atoms with E-state index in [1.165, 1.54) is 0 Å². The Kier molecular flexibility index (Phi) is 8.80. The zero-order chi connectivity index (χ0) is 12.4. The molecule has 0 aliphatic carbocycles. The first kappa shape index (κ1) is 15.1. The maximum Gasteiger partial charge on any atom is 0.429 e. The molecule has 0 aromatic rings. The van der Waals surface area contributed by atoms with Crippen LogP contribution in [-0.2, 0) is 9.47 Å². The van der Waals surface area contributed by atoms with Crippen LogP contribution in [0.1, 0.15) is 39.5 Å². The van der Waals surface area contributed by atoms with Gasteiger partial charge in [0, 0.05) is 0 Å². The summed E-state index contributed by atoms with van der Waals surface area (Å²) in [5.41, 5.74) is 0. The second-order valence-electron chi connectivity index (χ2n) is 3.25. The zero-order valence-electron chi connectivity index (χ0n) is 9.77. The maximum atomic E-state index is 11.2. The fourth-order valence-electron chi connectivity index (χ4n) is 0.804. The zero-order valence-corrected chi connectivity index (χ0v) is 10.7. The first-order chi connectivity index (χ1) is 7.63. The minimum atomic E-state index is -0.793. The van der Waals surface area contributed by atoms with Crippen molar-refractivity contribution in [3.05, 3.63) is 0 Å². The first-order valence-electron chi connectivity index (χ1n) is 5.46. The third-order valence-electron chi connectivity index (χ3n) is 1.79. The number of imide groups is 1. The second kappa shape index (κ2) is 9.33. The Morgan fingerprint density at radius 1 is 1.00 bits per heavy atom. The highest BCUT2D eigenvalue weighted by atomic mass is 32.1. The van der Waals surface area contributed by atoms with E-state index in [4.69, 9.17) is 9.47 Å². The Morgan fingerprint density at radius 2 is 1.38 bits per heavy atom. The largest absolute Gasteiger partial charge is 0.448 e. The van der Waals surface area contributed by atoms with Crippen LogP contribution in [0.3, 0.4) is 0 Å². The van der Waals surface area contributed by atoms with Crippen molar-refractivity contribution < 1.29 is 19.1 Å². The van der Waals surface area contributed by atoms with E-state index in [0.717, 1.165) is 25.7 Å². The molecule has 0 unspecified atom stereocenters. The summed E-state index contributed by atoms with van der Waals surface area (Å²) in [5, 5.41) is 0. The number of rotatable bonds is 6. The molecule has 0 aromatic carbocycles. The number of hydrogen-bond acceptors (Lipinski definition) is 5. The van der Waals surface area contributed by atoms with Crippen LogP contribution in [0, 0.1) is 0 Å². The van der Waals surface area contributed by atoms with Crippen LogP contribution in [0.2, 0.25) is 0 Å². The number of unbranched alkanes of at least 4 members (excludes halogenated alkanes) is 2. The number of thiol groups is 1. The van der Waals surface area contributed by atoms with Gasteiger partial charge in [-0.2, -0.15) is 4.31 Å². The molecule has 0 heterocycles. The quantitative estimate of drug-likeness (QED) is 0.580. The summed E-state index contributed by atoms with van der Waals surface area (Å²) in [6.45, 7) is 4.53. The summed E-state index contributed by atoms with van der Waals surface area (Å²) in [7, 11) is 0. The fraction of sp³-hybridized carbons (Fsp3) is 0.800. The van der Waals surface area contributed by atoms with Gasteiger partial charge in [-0.05, 0) is 25.7 Å². The summed E-state index contributed by atoms with van der Waals surface area (Å²) >= 11 is 3.71. The van der Waals surface area contributed by atoms with Gasteiger partial charge in [0.15, 0.2) is 0 Å². The highest BCUT2D eigenvalue weighted by molar-refractivity contribution is 7.79. The molecule has 0 aliphatic rings. The van der Waals surface area contributed by atoms with Gasteiger partial charge in [-0.25, -0.2) is 9.59 Å². The molecule has 0 aromatic heterocycles. The van der Waals surface area contributed by atoms with E-state index in [-0.39, 0.29) is 13.2 Å². The number of hydrogen-bond donors (Lipinski definition) is 1. The van der Waals surface area contributed by atoms with Crippen molar-refractivity contribution in [1.29, 1.82) is 0 Å². The third-order valence-corrected chi connectivity index (χ3v) is 2.12. The number of amides is 2. The summed E-state index contributed by atoms with van der Waals surface area (Å²) < 4.78 is 10.1. The molecule has 0 atom stereocenters. The van der Waals surface area contributed by atoms with E-state index < -0.39 is 12.2 Å². The van der Waals surface area contributed by atoms with Crippen LogP contribution in [0.4, 0.5) is 9.59 Å². The lowest BCUT2D eigenvalue weighted by molar-refractivity contribution is 0.101. The average Bonchev–Trinajstić information content (AvgIpc) is 2.28. The predicted octanol–water partition coefficient (Wildman–Crippen LogP) is 3.01. The van der Waals surface area contributed by atoms with Crippen LogP contribution >= 0.6 is 12.8 Å². The summed E-state index contributed by atoms with van der Waals surface area (Å²) in [5.74, 6) is 0. The third kappa shape index (κ3) is 6.55. The van der Waals surface area contributed by atoms with E-state index in [1.807, 2.05) is 13.8 Å². The molecule has 0 bridgehead atoms. The lowest BCUT2D eigenvalue weighted by Gasteiger charge is -2.13. The topological polar surface area (TPSA) is 55.8 Å². The van der Waals surface area contributed by atoms with Gasteiger partial charge in [0.05, 0.1) is 13.2 Å². The summed E-state index contributed by atoms with van der Waals surface area (Å²) in [6, 6.07) is 0. The van der Waals surface area contributed by atoms with Crippen LogP contribution in [0.5, 0.6) is 0 Å². The van der Waals surface area contributed by atoms with Gasteiger partial charge in [-0.15, -0.1) is 0 Å². The van der Waals surface area contributed by atoms with Gasteiger partial charge in [0.25, 0.3) is 0 Å². The van der Waals surface area contributed by atoms with E-state index in [2.05, 4.69) is 12.8 Å². The standard InChI is InChI=1S/C10H19NO4S/c1-3-5-7-14-9(12)11(16)10(13)15-8-6-4-2/h16H,3-8H2,1-2H3. The minimum absolute atomic E-state index is 0.286. The van der Waals surface area contributed by atoms with E-state index in [0.29, 0.717) is 4.31 Å². The monoisotopic (exact) mass is 249 g/mol. The Balaban J connectivity index is 3.78. The predicted molar refractivity (Wildman–Crippen MR) is 63.3 cm³/mol. The molecule has 0 aliphatic heterocycles. The highest BCUT2D eigenvalue weighted by Gasteiger charge is 2.20. The van der Waals surface area contributed by atoms with Crippen molar-refractivity contribution in [3.63, 3.8) is 0 Å². The van der Waals surface area contributed by atoms with E-state index >= 15 is 0 Å². The molecule has 0 fully saturated rings. The van der Waals surface area contributed by atoms with Crippen molar-refractivity contribution in [2.75, 3.05) is 13.2 Å². The minimum Gasteiger partial charge on any atom is -0.448 e. The number of nitrogens with zero attached hydrogens (tertiary/aromatic N) is 1. The maximum absolute atomic E-state index is 11.2. The lowest BCUT2D eigenvalue weighted by Crippen LogP contribution is -2.30. The molecular weight excluding hydrogens is 230 g/mol. The molecule has 6 heteroatoms. The number of carbonyl (C=O) groups is 2. The molecule has 94 valence electrons. The van der Waals surface area contributed by atoms with Crippen molar-refractivity contribution in [2.45, 2.75) is 39.5 Å². The smallest absolute Gasteiger partial charge is 0.429 e. The Labute approximate surface area is 102 Å². The van der Waals surface area contributed by atoms with Crippen LogP contribution in [0.15, 0.2) is 0 Å². The molecule has 0 saturated heterocycles. The molecule has 0 N–H and O–H groups in total. The SMILES string of the molecule is CCCCOC(=O)N(S)C(=O)OCCCC. The molecule has 5 nitrogen and oxygen atoms in total. The Morgan fingerprint density at radius 3 is 1.69 bits per heavy atom. The van der Waals surface area contributed by atoms with Gasteiger partial charge in [0.1, 0.15) is 0 Å². The Hall–Kier alpha value is -0.910. The molecule has 16 heavy (non-hydrogen) atoms. The molecule has 0 spiro atoms. The molecule has 0 rings (SSSR count). The van der Waals surface area contributed by atoms with Crippen LogP contribution in [-0.4, -0.2) is 29.7 Å². The number of ether oxygens (including phenoxy) is 2. The summed E-state index contributed by atoms with van der Waals surface area (Å²) in [4.78, 5) is 22.4. The molecule has 2 amide bonds. The van der Waals surface area contributed by atoms with Gasteiger partial charge < -0.3 is 9.47 Å². The van der Waals surface area contributed by atoms with Crippen molar-refractivity contribution in [3.8, 4) is 0 Å². The second-order valence-corrected chi connectivity index (χ2v) is 3.65. The fourth-order valence-corrected chi connectivity index (χ4v) is 0.920. The highest BCUT2D eigenvalue weighted by Crippen LogP contribution is 2.03. The molecular formula is C10H19NO4S. The van der Waals surface area contributed by atoms with E-state index in [9.17, 15) is 9.59 Å². The van der Waals surface area contributed by atoms with Crippen molar-refractivity contribution >= 4 is 25.0 Å². The average molecular weight is 249 g/mol. The lowest BCUT2D eigenvalue weighted by atomic mass is 10.4. The van der Waals surface area contributed by atoms with E-state index in [1.54, 1.807) is 0 Å². The molecule has 0 radical (unpaired) electrons. The van der Waals surface area contributed by atoms with Gasteiger partial charge in [-0.3, -0.25) is 0 Å². The Bertz CT molecular complexity index is 201. The van der Waals surface area contributed by atoms with Gasteiger partial charge >= 0.3 is 12.2 Å².